The molecule has 3 aromatic rings. The summed E-state index contributed by atoms with van der Waals surface area (Å²) in [7, 11) is 0. The van der Waals surface area contributed by atoms with E-state index in [1.807, 2.05) is 69.3 Å². The van der Waals surface area contributed by atoms with Crippen LogP contribution in [0.1, 0.15) is 22.3 Å². The van der Waals surface area contributed by atoms with E-state index in [0.29, 0.717) is 28.5 Å². The molecule has 0 radical (unpaired) electrons. The Bertz CT molecular complexity index is 967. The summed E-state index contributed by atoms with van der Waals surface area (Å²) in [6.45, 7) is 5.89. The Kier molecular flexibility index (Phi) is 4.76. The van der Waals surface area contributed by atoms with E-state index in [1.165, 1.54) is 11.1 Å². The van der Waals surface area contributed by atoms with E-state index in [2.05, 4.69) is 21.7 Å². The van der Waals surface area contributed by atoms with Crippen LogP contribution in [0.3, 0.4) is 0 Å². The van der Waals surface area contributed by atoms with Crippen LogP contribution in [0.25, 0.3) is 0 Å². The maximum absolute atomic E-state index is 9.55. The molecule has 5 heteroatoms. The molecule has 130 valence electrons. The number of pyridine rings is 1. The molecule has 5 nitrogen and oxygen atoms in total. The Labute approximate surface area is 153 Å². The standard InChI is InChI=1S/C21H21N5/c1-13-4-8-16(9-5-13)24-20-18(12-22)15(3)19(23)21(26-20)25-17-10-6-14(2)7-11-17/h4-11H,23H2,1-3H3,(H2,24,25,26). The lowest BCUT2D eigenvalue weighted by atomic mass is 10.1. The molecule has 0 saturated carbocycles. The first-order chi connectivity index (χ1) is 12.5. The number of nitrogens with two attached hydrogens (primary N) is 1. The fourth-order valence-corrected chi connectivity index (χ4v) is 2.59. The molecular weight excluding hydrogens is 322 g/mol. The van der Waals surface area contributed by atoms with Crippen LogP contribution in [0.5, 0.6) is 0 Å². The number of benzene rings is 2. The molecule has 0 bridgehead atoms. The monoisotopic (exact) mass is 343 g/mol. The number of nitriles is 1. The molecule has 0 fully saturated rings. The molecule has 0 aliphatic heterocycles. The van der Waals surface area contributed by atoms with Crippen LogP contribution in [0, 0.1) is 32.1 Å². The average Bonchev–Trinajstić information content (AvgIpc) is 2.63. The minimum absolute atomic E-state index is 0.442. The van der Waals surface area contributed by atoms with Crippen molar-refractivity contribution < 1.29 is 0 Å². The summed E-state index contributed by atoms with van der Waals surface area (Å²) >= 11 is 0. The summed E-state index contributed by atoms with van der Waals surface area (Å²) in [6.07, 6.45) is 0. The number of nitrogens with one attached hydrogen (secondary N) is 2. The molecule has 4 N–H and O–H groups in total. The van der Waals surface area contributed by atoms with Gasteiger partial charge in [0.05, 0.1) is 11.3 Å². The zero-order chi connectivity index (χ0) is 18.7. The molecule has 0 aliphatic carbocycles. The summed E-state index contributed by atoms with van der Waals surface area (Å²) in [6, 6.07) is 18.1. The Morgan fingerprint density at radius 1 is 0.808 bits per heavy atom. The van der Waals surface area contributed by atoms with Crippen molar-refractivity contribution in [3.8, 4) is 6.07 Å². The Morgan fingerprint density at radius 3 is 1.73 bits per heavy atom. The molecule has 2 aromatic carbocycles. The van der Waals surface area contributed by atoms with Crippen molar-refractivity contribution in [2.75, 3.05) is 16.4 Å². The van der Waals surface area contributed by atoms with Gasteiger partial charge in [-0.15, -0.1) is 0 Å². The SMILES string of the molecule is Cc1ccc(Nc2nc(Nc3ccc(C)cc3)c(C#N)c(C)c2N)cc1. The maximum atomic E-state index is 9.55. The Morgan fingerprint density at radius 2 is 1.27 bits per heavy atom. The normalized spacial score (nSPS) is 10.2. The second-order valence-electron chi connectivity index (χ2n) is 6.32. The van der Waals surface area contributed by atoms with E-state index in [-0.39, 0.29) is 0 Å². The number of nitrogens with zero attached hydrogens (tertiary/aromatic N) is 2. The topological polar surface area (TPSA) is 86.8 Å². The number of aryl methyl sites for hydroxylation is 2. The minimum Gasteiger partial charge on any atom is -0.395 e. The maximum Gasteiger partial charge on any atom is 0.156 e. The average molecular weight is 343 g/mol. The highest BCUT2D eigenvalue weighted by molar-refractivity contribution is 5.79. The molecule has 0 spiro atoms. The van der Waals surface area contributed by atoms with Crippen molar-refractivity contribution in [3.63, 3.8) is 0 Å². The van der Waals surface area contributed by atoms with E-state index in [0.717, 1.165) is 11.4 Å². The summed E-state index contributed by atoms with van der Waals surface area (Å²) in [5.41, 5.74) is 11.9. The minimum atomic E-state index is 0.442. The molecule has 0 amide bonds. The third kappa shape index (κ3) is 3.60. The molecule has 1 heterocycles. The lowest BCUT2D eigenvalue weighted by Crippen LogP contribution is -2.07. The van der Waals surface area contributed by atoms with Crippen LogP contribution in [0.15, 0.2) is 48.5 Å². The largest absolute Gasteiger partial charge is 0.395 e. The predicted molar refractivity (Wildman–Crippen MR) is 107 cm³/mol. The van der Waals surface area contributed by atoms with Crippen LogP contribution < -0.4 is 16.4 Å². The third-order valence-corrected chi connectivity index (χ3v) is 4.23. The van der Waals surface area contributed by atoms with Crippen LogP contribution in [0.2, 0.25) is 0 Å². The predicted octanol–water partition coefficient (Wildman–Crippen LogP) is 4.95. The highest BCUT2D eigenvalue weighted by Crippen LogP contribution is 2.32. The first-order valence-electron chi connectivity index (χ1n) is 8.35. The van der Waals surface area contributed by atoms with Gasteiger partial charge in [-0.2, -0.15) is 5.26 Å². The molecular formula is C21H21N5. The van der Waals surface area contributed by atoms with Gasteiger partial charge in [0.25, 0.3) is 0 Å². The van der Waals surface area contributed by atoms with Crippen molar-refractivity contribution in [2.24, 2.45) is 0 Å². The van der Waals surface area contributed by atoms with E-state index in [4.69, 9.17) is 5.73 Å². The number of hydrogen-bond donors (Lipinski definition) is 3. The molecule has 26 heavy (non-hydrogen) atoms. The molecule has 0 saturated heterocycles. The van der Waals surface area contributed by atoms with Gasteiger partial charge in [0, 0.05) is 11.4 Å². The van der Waals surface area contributed by atoms with Gasteiger partial charge >= 0.3 is 0 Å². The third-order valence-electron chi connectivity index (χ3n) is 4.23. The summed E-state index contributed by atoms with van der Waals surface area (Å²) in [4.78, 5) is 4.57. The molecule has 0 unspecified atom stereocenters. The molecule has 0 atom stereocenters. The second-order valence-corrected chi connectivity index (χ2v) is 6.32. The van der Waals surface area contributed by atoms with E-state index in [9.17, 15) is 5.26 Å². The van der Waals surface area contributed by atoms with Crippen LogP contribution >= 0.6 is 0 Å². The van der Waals surface area contributed by atoms with E-state index >= 15 is 0 Å². The van der Waals surface area contributed by atoms with Crippen LogP contribution in [0.4, 0.5) is 28.7 Å². The van der Waals surface area contributed by atoms with Crippen molar-refractivity contribution in [2.45, 2.75) is 20.8 Å². The fraction of sp³-hybridized carbons (Fsp3) is 0.143. The summed E-state index contributed by atoms with van der Waals surface area (Å²) < 4.78 is 0. The first kappa shape index (κ1) is 17.3. The van der Waals surface area contributed by atoms with Gasteiger partial charge in [-0.3, -0.25) is 0 Å². The number of nitrogen functional groups attached to an aromatic ring is 1. The first-order valence-corrected chi connectivity index (χ1v) is 8.35. The smallest absolute Gasteiger partial charge is 0.156 e. The van der Waals surface area contributed by atoms with E-state index < -0.39 is 0 Å². The van der Waals surface area contributed by atoms with Gasteiger partial charge in [0.2, 0.25) is 0 Å². The number of anilines is 5. The highest BCUT2D eigenvalue weighted by Gasteiger charge is 2.15. The van der Waals surface area contributed by atoms with Gasteiger partial charge in [-0.1, -0.05) is 35.4 Å². The van der Waals surface area contributed by atoms with Crippen molar-refractivity contribution >= 4 is 28.7 Å². The lowest BCUT2D eigenvalue weighted by molar-refractivity contribution is 1.24. The lowest BCUT2D eigenvalue weighted by Gasteiger charge is -2.16. The van der Waals surface area contributed by atoms with Crippen LogP contribution in [-0.2, 0) is 0 Å². The zero-order valence-electron chi connectivity index (χ0n) is 15.1. The highest BCUT2D eigenvalue weighted by atomic mass is 15.1. The summed E-state index contributed by atoms with van der Waals surface area (Å²) in [5.74, 6) is 1.01. The Balaban J connectivity index is 2.00. The number of aromatic nitrogens is 1. The number of hydrogen-bond acceptors (Lipinski definition) is 5. The fourth-order valence-electron chi connectivity index (χ4n) is 2.59. The van der Waals surface area contributed by atoms with Crippen LogP contribution in [-0.4, -0.2) is 4.98 Å². The van der Waals surface area contributed by atoms with Crippen molar-refractivity contribution in [1.29, 1.82) is 5.26 Å². The Hall–Kier alpha value is -3.52. The quantitative estimate of drug-likeness (QED) is 0.624. The van der Waals surface area contributed by atoms with Gasteiger partial charge in [-0.05, 0) is 50.6 Å². The summed E-state index contributed by atoms with van der Waals surface area (Å²) in [5, 5.41) is 16.0. The van der Waals surface area contributed by atoms with E-state index in [1.54, 1.807) is 0 Å². The number of rotatable bonds is 4. The van der Waals surface area contributed by atoms with Gasteiger partial charge in [-0.25, -0.2) is 4.98 Å². The zero-order valence-corrected chi connectivity index (χ0v) is 15.1. The van der Waals surface area contributed by atoms with Crippen molar-refractivity contribution in [3.05, 3.63) is 70.8 Å². The van der Waals surface area contributed by atoms with Gasteiger partial charge in [0.15, 0.2) is 11.6 Å². The van der Waals surface area contributed by atoms with Gasteiger partial charge in [0.1, 0.15) is 6.07 Å². The van der Waals surface area contributed by atoms with Crippen molar-refractivity contribution in [1.82, 2.24) is 4.98 Å². The molecule has 1 aromatic heterocycles. The second kappa shape index (κ2) is 7.16. The molecule has 0 aliphatic rings. The molecule has 3 rings (SSSR count). The van der Waals surface area contributed by atoms with Gasteiger partial charge < -0.3 is 16.4 Å².